The van der Waals surface area contributed by atoms with Crippen LogP contribution in [-0.2, 0) is 4.79 Å². The Morgan fingerprint density at radius 2 is 1.80 bits per heavy atom. The number of carbonyl (C=O) groups excluding carboxylic acids is 1. The van der Waals surface area contributed by atoms with E-state index in [2.05, 4.69) is 0 Å². The first-order valence-electron chi connectivity index (χ1n) is 3.67. The summed E-state index contributed by atoms with van der Waals surface area (Å²) >= 11 is 0. The van der Waals surface area contributed by atoms with E-state index in [9.17, 15) is 4.79 Å². The summed E-state index contributed by atoms with van der Waals surface area (Å²) < 4.78 is 0. The van der Waals surface area contributed by atoms with Crippen LogP contribution in [0.5, 0.6) is 0 Å². The zero-order valence-electron chi connectivity index (χ0n) is 6.05. The lowest BCUT2D eigenvalue weighted by Gasteiger charge is -2.31. The summed E-state index contributed by atoms with van der Waals surface area (Å²) in [5.41, 5.74) is 10.8. The van der Waals surface area contributed by atoms with Crippen molar-refractivity contribution in [2.45, 2.75) is 31.3 Å². The van der Waals surface area contributed by atoms with Gasteiger partial charge in [-0.15, -0.1) is 0 Å². The maximum absolute atomic E-state index is 10.3. The van der Waals surface area contributed by atoms with Gasteiger partial charge in [0.2, 0.25) is 0 Å². The highest BCUT2D eigenvalue weighted by atomic mass is 16.1. The quantitative estimate of drug-likeness (QED) is 0.399. The minimum atomic E-state index is -0.500. The van der Waals surface area contributed by atoms with Gasteiger partial charge in [0, 0.05) is 5.92 Å². The van der Waals surface area contributed by atoms with Crippen LogP contribution in [0.1, 0.15) is 25.7 Å². The molecule has 1 fully saturated rings. The third-order valence-electron chi connectivity index (χ3n) is 2.15. The minimum absolute atomic E-state index is 0.209. The monoisotopic (exact) mass is 142 g/mol. The van der Waals surface area contributed by atoms with Gasteiger partial charge in [-0.1, -0.05) is 0 Å². The molecule has 0 saturated heterocycles. The number of aldehydes is 1. The molecule has 0 aromatic heterocycles. The largest absolute Gasteiger partial charge is 0.313 e. The predicted octanol–water partition coefficient (Wildman–Crippen LogP) is -0.0108. The summed E-state index contributed by atoms with van der Waals surface area (Å²) in [5, 5.41) is 0. The van der Waals surface area contributed by atoms with E-state index in [0.29, 0.717) is 0 Å². The Morgan fingerprint density at radius 1 is 1.30 bits per heavy atom. The van der Waals surface area contributed by atoms with Gasteiger partial charge in [0.25, 0.3) is 0 Å². The molecule has 0 bridgehead atoms. The number of hydrogen-bond acceptors (Lipinski definition) is 3. The first kappa shape index (κ1) is 7.69. The number of hydrogen-bond donors (Lipinski definition) is 2. The highest BCUT2D eigenvalue weighted by molar-refractivity contribution is 5.53. The molecule has 0 aromatic carbocycles. The second-order valence-corrected chi connectivity index (χ2v) is 3.21. The molecule has 1 saturated carbocycles. The van der Waals surface area contributed by atoms with E-state index in [0.717, 1.165) is 32.0 Å². The fourth-order valence-corrected chi connectivity index (χ4v) is 1.31. The van der Waals surface area contributed by atoms with Crippen LogP contribution in [0.4, 0.5) is 0 Å². The van der Waals surface area contributed by atoms with Crippen molar-refractivity contribution in [1.82, 2.24) is 0 Å². The number of rotatable bonds is 1. The Morgan fingerprint density at radius 3 is 2.20 bits per heavy atom. The van der Waals surface area contributed by atoms with Crippen LogP contribution in [0.2, 0.25) is 0 Å². The average Bonchev–Trinajstić information content (AvgIpc) is 1.88. The topological polar surface area (TPSA) is 69.1 Å². The van der Waals surface area contributed by atoms with Gasteiger partial charge in [0.1, 0.15) is 6.29 Å². The van der Waals surface area contributed by atoms with Crippen molar-refractivity contribution >= 4 is 6.29 Å². The van der Waals surface area contributed by atoms with Gasteiger partial charge in [-0.05, 0) is 25.7 Å². The SMILES string of the molecule is NC1(N)CCC(C=O)CC1. The van der Waals surface area contributed by atoms with Crippen molar-refractivity contribution in [3.8, 4) is 0 Å². The van der Waals surface area contributed by atoms with E-state index in [1.807, 2.05) is 0 Å². The molecule has 0 aliphatic heterocycles. The van der Waals surface area contributed by atoms with Gasteiger partial charge in [0.05, 0.1) is 5.66 Å². The fourth-order valence-electron chi connectivity index (χ4n) is 1.31. The van der Waals surface area contributed by atoms with Crippen molar-refractivity contribution < 1.29 is 4.79 Å². The Balaban J connectivity index is 2.38. The number of carbonyl (C=O) groups is 1. The third-order valence-corrected chi connectivity index (χ3v) is 2.15. The zero-order chi connectivity index (χ0) is 7.61. The Bertz CT molecular complexity index is 124. The Kier molecular flexibility index (Phi) is 2.06. The van der Waals surface area contributed by atoms with Gasteiger partial charge in [-0.3, -0.25) is 0 Å². The second-order valence-electron chi connectivity index (χ2n) is 3.21. The molecule has 0 spiro atoms. The van der Waals surface area contributed by atoms with Crippen molar-refractivity contribution in [2.24, 2.45) is 17.4 Å². The van der Waals surface area contributed by atoms with E-state index >= 15 is 0 Å². The minimum Gasteiger partial charge on any atom is -0.313 e. The summed E-state index contributed by atoms with van der Waals surface area (Å²) in [6, 6.07) is 0. The van der Waals surface area contributed by atoms with Gasteiger partial charge in [-0.2, -0.15) is 0 Å². The van der Waals surface area contributed by atoms with Crippen LogP contribution in [0.25, 0.3) is 0 Å². The molecule has 58 valence electrons. The standard InChI is InChI=1S/C7H14N2O/c8-7(9)3-1-6(5-10)2-4-7/h5-6H,1-4,8-9H2. The molecule has 3 nitrogen and oxygen atoms in total. The van der Waals surface area contributed by atoms with E-state index in [1.54, 1.807) is 0 Å². The van der Waals surface area contributed by atoms with Crippen molar-refractivity contribution in [3.05, 3.63) is 0 Å². The highest BCUT2D eigenvalue weighted by Crippen LogP contribution is 2.25. The van der Waals surface area contributed by atoms with Crippen LogP contribution in [0.3, 0.4) is 0 Å². The van der Waals surface area contributed by atoms with Crippen molar-refractivity contribution in [1.29, 1.82) is 0 Å². The van der Waals surface area contributed by atoms with Crippen molar-refractivity contribution in [3.63, 3.8) is 0 Å². The average molecular weight is 142 g/mol. The van der Waals surface area contributed by atoms with E-state index in [-0.39, 0.29) is 5.92 Å². The summed E-state index contributed by atoms with van der Waals surface area (Å²) in [4.78, 5) is 10.3. The first-order valence-corrected chi connectivity index (χ1v) is 3.67. The first-order chi connectivity index (χ1) is 4.64. The maximum atomic E-state index is 10.3. The van der Waals surface area contributed by atoms with Crippen LogP contribution >= 0.6 is 0 Å². The van der Waals surface area contributed by atoms with E-state index in [4.69, 9.17) is 11.5 Å². The van der Waals surface area contributed by atoms with Crippen molar-refractivity contribution in [2.75, 3.05) is 0 Å². The molecular weight excluding hydrogens is 128 g/mol. The maximum Gasteiger partial charge on any atom is 0.123 e. The smallest absolute Gasteiger partial charge is 0.123 e. The molecule has 0 amide bonds. The normalized spacial score (nSPS) is 26.2. The van der Waals surface area contributed by atoms with E-state index < -0.39 is 5.66 Å². The van der Waals surface area contributed by atoms with Crippen LogP contribution in [0, 0.1) is 5.92 Å². The van der Waals surface area contributed by atoms with E-state index in [1.165, 1.54) is 0 Å². The fraction of sp³-hybridized carbons (Fsp3) is 0.857. The van der Waals surface area contributed by atoms with Gasteiger partial charge in [-0.25, -0.2) is 0 Å². The lowest BCUT2D eigenvalue weighted by Crippen LogP contribution is -2.51. The summed E-state index contributed by atoms with van der Waals surface area (Å²) in [6.07, 6.45) is 4.27. The lowest BCUT2D eigenvalue weighted by molar-refractivity contribution is -0.112. The van der Waals surface area contributed by atoms with Crippen LogP contribution in [-0.4, -0.2) is 11.9 Å². The molecule has 1 aliphatic rings. The second kappa shape index (κ2) is 2.68. The molecule has 4 N–H and O–H groups in total. The molecule has 0 aromatic rings. The Hall–Kier alpha value is -0.410. The molecule has 0 radical (unpaired) electrons. The highest BCUT2D eigenvalue weighted by Gasteiger charge is 2.27. The molecule has 3 heteroatoms. The van der Waals surface area contributed by atoms with Crippen LogP contribution < -0.4 is 11.5 Å². The molecule has 1 rings (SSSR count). The molecule has 0 unspecified atom stereocenters. The molecule has 1 aliphatic carbocycles. The molecular formula is C7H14N2O. The summed E-state index contributed by atoms with van der Waals surface area (Å²) in [7, 11) is 0. The Labute approximate surface area is 60.8 Å². The molecule has 10 heavy (non-hydrogen) atoms. The molecule has 0 atom stereocenters. The predicted molar refractivity (Wildman–Crippen MR) is 39.1 cm³/mol. The number of nitrogens with two attached hydrogens (primary N) is 2. The summed E-state index contributed by atoms with van der Waals surface area (Å²) in [5.74, 6) is 0.209. The van der Waals surface area contributed by atoms with Gasteiger partial charge >= 0.3 is 0 Å². The lowest BCUT2D eigenvalue weighted by atomic mass is 9.84. The summed E-state index contributed by atoms with van der Waals surface area (Å²) in [6.45, 7) is 0. The van der Waals surface area contributed by atoms with Gasteiger partial charge < -0.3 is 16.3 Å². The third kappa shape index (κ3) is 1.78. The zero-order valence-corrected chi connectivity index (χ0v) is 6.05. The van der Waals surface area contributed by atoms with Crippen LogP contribution in [0.15, 0.2) is 0 Å². The van der Waals surface area contributed by atoms with Gasteiger partial charge in [0.15, 0.2) is 0 Å². The molecule has 0 heterocycles.